The van der Waals surface area contributed by atoms with Gasteiger partial charge < -0.3 is 29.5 Å². The van der Waals surface area contributed by atoms with E-state index in [0.29, 0.717) is 11.3 Å². The Hall–Kier alpha value is -2.93. The standard InChI is InChI=1S/C17H16O7/c1-22-8-6-11(19)13-12(7-8)24-17(15(21)14(13)20)9-4-3-5-10(18)16(9)23-2/h3-7,15,17-19,21H,1-2H3/t15?,17-/m1/s1. The third-order valence-corrected chi connectivity index (χ3v) is 3.88. The lowest BCUT2D eigenvalue weighted by Crippen LogP contribution is -2.36. The molecule has 0 spiro atoms. The number of carbonyl (C=O) groups is 1. The largest absolute Gasteiger partial charge is 0.507 e. The Morgan fingerprint density at radius 1 is 1.08 bits per heavy atom. The van der Waals surface area contributed by atoms with Gasteiger partial charge in [-0.1, -0.05) is 12.1 Å². The number of rotatable bonds is 3. The molecule has 7 heteroatoms. The average Bonchev–Trinajstić information content (AvgIpc) is 2.57. The highest BCUT2D eigenvalue weighted by atomic mass is 16.5. The predicted octanol–water partition coefficient (Wildman–Crippen LogP) is 1.79. The molecule has 1 aliphatic rings. The molecule has 1 unspecified atom stereocenters. The zero-order chi connectivity index (χ0) is 17.4. The van der Waals surface area contributed by atoms with E-state index < -0.39 is 18.0 Å². The molecule has 24 heavy (non-hydrogen) atoms. The summed E-state index contributed by atoms with van der Waals surface area (Å²) in [7, 11) is 2.77. The van der Waals surface area contributed by atoms with Crippen LogP contribution in [0.4, 0.5) is 0 Å². The van der Waals surface area contributed by atoms with E-state index in [4.69, 9.17) is 14.2 Å². The zero-order valence-electron chi connectivity index (χ0n) is 13.0. The minimum Gasteiger partial charge on any atom is -0.507 e. The van der Waals surface area contributed by atoms with Gasteiger partial charge in [-0.25, -0.2) is 0 Å². The van der Waals surface area contributed by atoms with E-state index in [2.05, 4.69) is 0 Å². The SMILES string of the molecule is COc1cc(O)c2c(c1)O[C@H](c1cccc(O)c1OC)C(O)C2=O. The van der Waals surface area contributed by atoms with Crippen LogP contribution in [-0.4, -0.2) is 41.4 Å². The molecule has 2 aromatic carbocycles. The second-order valence-electron chi connectivity index (χ2n) is 5.27. The van der Waals surface area contributed by atoms with Crippen LogP contribution < -0.4 is 14.2 Å². The average molecular weight is 332 g/mol. The summed E-state index contributed by atoms with van der Waals surface area (Å²) in [6, 6.07) is 7.25. The maximum absolute atomic E-state index is 12.5. The van der Waals surface area contributed by atoms with Crippen LogP contribution in [0, 0.1) is 0 Å². The summed E-state index contributed by atoms with van der Waals surface area (Å²) in [5.74, 6) is -0.682. The number of phenols is 2. The van der Waals surface area contributed by atoms with E-state index >= 15 is 0 Å². The van der Waals surface area contributed by atoms with Crippen LogP contribution in [0.5, 0.6) is 28.7 Å². The van der Waals surface area contributed by atoms with E-state index in [1.54, 1.807) is 12.1 Å². The minimum atomic E-state index is -1.56. The highest BCUT2D eigenvalue weighted by Gasteiger charge is 2.40. The fourth-order valence-corrected chi connectivity index (χ4v) is 2.74. The van der Waals surface area contributed by atoms with Gasteiger partial charge in [-0.2, -0.15) is 0 Å². The molecule has 0 saturated heterocycles. The van der Waals surface area contributed by atoms with Crippen molar-refractivity contribution in [3.8, 4) is 28.7 Å². The normalized spacial score (nSPS) is 19.4. The number of fused-ring (bicyclic) bond motifs is 1. The van der Waals surface area contributed by atoms with Crippen LogP contribution in [-0.2, 0) is 0 Å². The lowest BCUT2D eigenvalue weighted by atomic mass is 9.92. The molecule has 0 aliphatic carbocycles. The number of methoxy groups -OCH3 is 2. The first kappa shape index (κ1) is 15.9. The molecule has 1 heterocycles. The Bertz CT molecular complexity index is 800. The van der Waals surface area contributed by atoms with Gasteiger partial charge in [0, 0.05) is 17.7 Å². The van der Waals surface area contributed by atoms with Gasteiger partial charge in [0.05, 0.1) is 14.2 Å². The number of aliphatic hydroxyl groups excluding tert-OH is 1. The Balaban J connectivity index is 2.12. The van der Waals surface area contributed by atoms with E-state index in [-0.39, 0.29) is 28.6 Å². The van der Waals surface area contributed by atoms with Crippen LogP contribution in [0.25, 0.3) is 0 Å². The van der Waals surface area contributed by atoms with Gasteiger partial charge in [0.15, 0.2) is 23.7 Å². The summed E-state index contributed by atoms with van der Waals surface area (Å²) in [5.41, 5.74) is 0.199. The molecule has 0 aromatic heterocycles. The van der Waals surface area contributed by atoms with Crippen molar-refractivity contribution in [2.45, 2.75) is 12.2 Å². The number of aliphatic hydroxyl groups is 1. The summed E-state index contributed by atoms with van der Waals surface area (Å²) in [4.78, 5) is 12.5. The Labute approximate surface area is 137 Å². The first-order valence-electron chi connectivity index (χ1n) is 7.13. The van der Waals surface area contributed by atoms with Gasteiger partial charge in [0.1, 0.15) is 22.8 Å². The molecule has 0 bridgehead atoms. The lowest BCUT2D eigenvalue weighted by molar-refractivity contribution is 0.0201. The molecule has 2 atom stereocenters. The molecule has 0 amide bonds. The Morgan fingerprint density at radius 3 is 2.50 bits per heavy atom. The van der Waals surface area contributed by atoms with Gasteiger partial charge in [0.25, 0.3) is 0 Å². The zero-order valence-corrected chi connectivity index (χ0v) is 13.0. The number of ether oxygens (including phenoxy) is 3. The molecule has 1 aliphatic heterocycles. The smallest absolute Gasteiger partial charge is 0.202 e. The number of Topliss-reactive ketones (excluding diaryl/α,β-unsaturated/α-hetero) is 1. The highest BCUT2D eigenvalue weighted by molar-refractivity contribution is 6.05. The van der Waals surface area contributed by atoms with Crippen LogP contribution in [0.15, 0.2) is 30.3 Å². The molecular weight excluding hydrogens is 316 g/mol. The fourth-order valence-electron chi connectivity index (χ4n) is 2.74. The molecule has 3 N–H and O–H groups in total. The van der Waals surface area contributed by atoms with Gasteiger partial charge in [0.2, 0.25) is 5.78 Å². The van der Waals surface area contributed by atoms with Crippen molar-refractivity contribution >= 4 is 5.78 Å². The second kappa shape index (κ2) is 5.93. The number of hydrogen-bond acceptors (Lipinski definition) is 7. The first-order chi connectivity index (χ1) is 11.5. The number of benzene rings is 2. The third kappa shape index (κ3) is 2.39. The van der Waals surface area contributed by atoms with E-state index in [1.165, 1.54) is 32.4 Å². The van der Waals surface area contributed by atoms with Crippen LogP contribution >= 0.6 is 0 Å². The quantitative estimate of drug-likeness (QED) is 0.787. The summed E-state index contributed by atoms with van der Waals surface area (Å²) >= 11 is 0. The Morgan fingerprint density at radius 2 is 1.83 bits per heavy atom. The molecule has 126 valence electrons. The molecule has 0 saturated carbocycles. The molecule has 0 radical (unpaired) electrons. The monoisotopic (exact) mass is 332 g/mol. The van der Waals surface area contributed by atoms with Crippen LogP contribution in [0.3, 0.4) is 0 Å². The van der Waals surface area contributed by atoms with Gasteiger partial charge in [-0.3, -0.25) is 4.79 Å². The number of carbonyl (C=O) groups excluding carboxylic acids is 1. The molecule has 2 aromatic rings. The van der Waals surface area contributed by atoms with E-state index in [9.17, 15) is 20.1 Å². The van der Waals surface area contributed by atoms with Crippen molar-refractivity contribution < 1.29 is 34.3 Å². The highest BCUT2D eigenvalue weighted by Crippen LogP contribution is 2.45. The van der Waals surface area contributed by atoms with Gasteiger partial charge >= 0.3 is 0 Å². The van der Waals surface area contributed by atoms with E-state index in [1.807, 2.05) is 0 Å². The number of ketones is 1. The third-order valence-electron chi connectivity index (χ3n) is 3.88. The number of phenolic OH excluding ortho intramolecular Hbond substituents is 2. The minimum absolute atomic E-state index is 0.0811. The van der Waals surface area contributed by atoms with Crippen LogP contribution in [0.2, 0.25) is 0 Å². The van der Waals surface area contributed by atoms with Gasteiger partial charge in [-0.05, 0) is 6.07 Å². The summed E-state index contributed by atoms with van der Waals surface area (Å²) < 4.78 is 15.9. The topological polar surface area (TPSA) is 105 Å². The van der Waals surface area contributed by atoms with Crippen molar-refractivity contribution in [1.82, 2.24) is 0 Å². The maximum Gasteiger partial charge on any atom is 0.202 e. The van der Waals surface area contributed by atoms with Crippen molar-refractivity contribution in [2.24, 2.45) is 0 Å². The lowest BCUT2D eigenvalue weighted by Gasteiger charge is -2.31. The molecule has 7 nitrogen and oxygen atoms in total. The second-order valence-corrected chi connectivity index (χ2v) is 5.27. The molecular formula is C17H16O7. The first-order valence-corrected chi connectivity index (χ1v) is 7.13. The Kier molecular flexibility index (Phi) is 3.94. The summed E-state index contributed by atoms with van der Waals surface area (Å²) in [5, 5.41) is 30.2. The van der Waals surface area contributed by atoms with Crippen molar-refractivity contribution in [1.29, 1.82) is 0 Å². The molecule has 3 rings (SSSR count). The maximum atomic E-state index is 12.5. The van der Waals surface area contributed by atoms with E-state index in [0.717, 1.165) is 0 Å². The van der Waals surface area contributed by atoms with Crippen molar-refractivity contribution in [2.75, 3.05) is 14.2 Å². The predicted molar refractivity (Wildman–Crippen MR) is 83.0 cm³/mol. The van der Waals surface area contributed by atoms with Crippen LogP contribution in [0.1, 0.15) is 22.0 Å². The summed E-state index contributed by atoms with van der Waals surface area (Å²) in [6.07, 6.45) is -2.66. The number of para-hydroxylation sites is 1. The van der Waals surface area contributed by atoms with Crippen molar-refractivity contribution in [3.63, 3.8) is 0 Å². The molecule has 0 fully saturated rings. The van der Waals surface area contributed by atoms with Gasteiger partial charge in [-0.15, -0.1) is 0 Å². The fraction of sp³-hybridized carbons (Fsp3) is 0.235. The number of aromatic hydroxyl groups is 2. The number of hydrogen-bond donors (Lipinski definition) is 3. The summed E-state index contributed by atoms with van der Waals surface area (Å²) in [6.45, 7) is 0. The van der Waals surface area contributed by atoms with Crippen molar-refractivity contribution in [3.05, 3.63) is 41.5 Å².